The third kappa shape index (κ3) is 3.77. The molecule has 27 heavy (non-hydrogen) atoms. The fourth-order valence-corrected chi connectivity index (χ4v) is 3.96. The first-order valence-corrected chi connectivity index (χ1v) is 9.51. The highest BCUT2D eigenvalue weighted by Crippen LogP contribution is 2.30. The Labute approximate surface area is 159 Å². The molecule has 2 atom stereocenters. The number of nitrogens with zero attached hydrogens (tertiary/aromatic N) is 1. The number of amides is 1. The minimum Gasteiger partial charge on any atom is -0.496 e. The van der Waals surface area contributed by atoms with Gasteiger partial charge in [0, 0.05) is 30.9 Å². The second-order valence-corrected chi connectivity index (χ2v) is 7.03. The zero-order valence-electron chi connectivity index (χ0n) is 15.6. The maximum Gasteiger partial charge on any atom is 0.238 e. The lowest BCUT2D eigenvalue weighted by Gasteiger charge is -2.20. The molecule has 6 nitrogen and oxygen atoms in total. The van der Waals surface area contributed by atoms with Crippen LogP contribution in [-0.4, -0.2) is 38.7 Å². The summed E-state index contributed by atoms with van der Waals surface area (Å²) < 4.78 is 5.43. The van der Waals surface area contributed by atoms with E-state index < -0.39 is 0 Å². The Morgan fingerprint density at radius 1 is 1.19 bits per heavy atom. The maximum atomic E-state index is 12.5. The summed E-state index contributed by atoms with van der Waals surface area (Å²) >= 11 is 0. The number of carbonyl (C=O) groups excluding carboxylic acids is 1. The minimum absolute atomic E-state index is 0.0346. The first kappa shape index (κ1) is 17.8. The van der Waals surface area contributed by atoms with Gasteiger partial charge >= 0.3 is 0 Å². The van der Waals surface area contributed by atoms with Crippen LogP contribution in [0.1, 0.15) is 23.6 Å². The summed E-state index contributed by atoms with van der Waals surface area (Å²) in [4.78, 5) is 14.9. The first-order chi connectivity index (χ1) is 13.3. The van der Waals surface area contributed by atoms with Gasteiger partial charge in [-0.15, -0.1) is 0 Å². The summed E-state index contributed by atoms with van der Waals surface area (Å²) in [6.07, 6.45) is 1.78. The van der Waals surface area contributed by atoms with Crippen molar-refractivity contribution >= 4 is 11.6 Å². The highest BCUT2D eigenvalue weighted by atomic mass is 16.5. The number of hydrogen-bond donors (Lipinski definition) is 3. The molecule has 2 aromatic carbocycles. The van der Waals surface area contributed by atoms with Crippen molar-refractivity contribution in [1.29, 1.82) is 0 Å². The normalized spacial score (nSPS) is 21.1. The van der Waals surface area contributed by atoms with Gasteiger partial charge in [-0.3, -0.25) is 4.79 Å². The molecule has 2 aliphatic heterocycles. The van der Waals surface area contributed by atoms with Gasteiger partial charge < -0.3 is 15.0 Å². The molecule has 2 aromatic rings. The molecule has 0 aromatic heterocycles. The third-order valence-corrected chi connectivity index (χ3v) is 5.40. The molecule has 0 aliphatic carbocycles. The molecular weight excluding hydrogens is 340 g/mol. The topological polar surface area (TPSA) is 65.6 Å². The molecule has 0 bridgehead atoms. The van der Waals surface area contributed by atoms with Crippen LogP contribution in [0.5, 0.6) is 5.75 Å². The second kappa shape index (κ2) is 7.98. The lowest BCUT2D eigenvalue weighted by atomic mass is 10.0. The number of carbonyl (C=O) groups is 1. The van der Waals surface area contributed by atoms with E-state index in [-0.39, 0.29) is 18.0 Å². The number of nitrogens with one attached hydrogen (secondary N) is 3. The Balaban J connectivity index is 1.28. The van der Waals surface area contributed by atoms with Gasteiger partial charge in [-0.05, 0) is 30.5 Å². The van der Waals surface area contributed by atoms with E-state index >= 15 is 0 Å². The number of benzene rings is 2. The van der Waals surface area contributed by atoms with E-state index in [0.29, 0.717) is 13.0 Å². The second-order valence-electron chi connectivity index (χ2n) is 7.03. The van der Waals surface area contributed by atoms with E-state index in [1.165, 1.54) is 11.3 Å². The lowest BCUT2D eigenvalue weighted by molar-refractivity contribution is -0.122. The number of rotatable bonds is 6. The zero-order valence-corrected chi connectivity index (χ0v) is 15.6. The van der Waals surface area contributed by atoms with Gasteiger partial charge in [0.2, 0.25) is 5.91 Å². The first-order valence-electron chi connectivity index (χ1n) is 9.51. The van der Waals surface area contributed by atoms with Crippen molar-refractivity contribution in [2.45, 2.75) is 24.9 Å². The van der Waals surface area contributed by atoms with Crippen LogP contribution in [0.15, 0.2) is 48.5 Å². The van der Waals surface area contributed by atoms with Crippen LogP contribution in [0, 0.1) is 0 Å². The van der Waals surface area contributed by atoms with Crippen molar-refractivity contribution in [2.75, 3.05) is 31.6 Å². The summed E-state index contributed by atoms with van der Waals surface area (Å²) in [5, 5.41) is 3.07. The number of fused-ring (bicyclic) bond motifs is 1. The molecule has 3 N–H and O–H groups in total. The quantitative estimate of drug-likeness (QED) is 0.727. The zero-order chi connectivity index (χ0) is 18.6. The van der Waals surface area contributed by atoms with Gasteiger partial charge in [0.1, 0.15) is 11.8 Å². The van der Waals surface area contributed by atoms with Crippen LogP contribution >= 0.6 is 0 Å². The minimum atomic E-state index is -0.245. The monoisotopic (exact) mass is 366 g/mol. The number of hydrazine groups is 1. The van der Waals surface area contributed by atoms with Gasteiger partial charge in [0.15, 0.2) is 0 Å². The molecule has 1 saturated heterocycles. The van der Waals surface area contributed by atoms with Gasteiger partial charge in [0.25, 0.3) is 0 Å². The SMILES string of the molecule is COc1ccccc1C1CC(C(=O)NCCN2CCc3ccccc32)NN1. The Hall–Kier alpha value is -2.57. The molecule has 6 heteroatoms. The van der Waals surface area contributed by atoms with Crippen molar-refractivity contribution in [3.05, 3.63) is 59.7 Å². The van der Waals surface area contributed by atoms with E-state index in [2.05, 4.69) is 45.3 Å². The number of anilines is 1. The van der Waals surface area contributed by atoms with Crippen LogP contribution in [0.25, 0.3) is 0 Å². The van der Waals surface area contributed by atoms with Crippen LogP contribution in [0.3, 0.4) is 0 Å². The Morgan fingerprint density at radius 2 is 2.00 bits per heavy atom. The highest BCUT2D eigenvalue weighted by molar-refractivity contribution is 5.82. The van der Waals surface area contributed by atoms with Crippen molar-refractivity contribution in [1.82, 2.24) is 16.2 Å². The standard InChI is InChI=1S/C21H26N4O2/c1-27-20-9-5-3-7-16(20)17-14-18(24-23-17)21(26)22-11-13-25-12-10-15-6-2-4-8-19(15)25/h2-9,17-18,23-24H,10-14H2,1H3,(H,22,26). The summed E-state index contributed by atoms with van der Waals surface area (Å²) in [6, 6.07) is 16.2. The fraction of sp³-hybridized carbons (Fsp3) is 0.381. The molecule has 0 radical (unpaired) electrons. The summed E-state index contributed by atoms with van der Waals surface area (Å²) in [5.41, 5.74) is 10.1. The average molecular weight is 366 g/mol. The van der Waals surface area contributed by atoms with E-state index in [1.807, 2.05) is 24.3 Å². The molecule has 0 saturated carbocycles. The predicted molar refractivity (Wildman–Crippen MR) is 106 cm³/mol. The molecular formula is C21H26N4O2. The highest BCUT2D eigenvalue weighted by Gasteiger charge is 2.31. The summed E-state index contributed by atoms with van der Waals surface area (Å²) in [6.45, 7) is 2.50. The van der Waals surface area contributed by atoms with Crippen molar-refractivity contribution in [2.24, 2.45) is 0 Å². The van der Waals surface area contributed by atoms with Gasteiger partial charge in [0.05, 0.1) is 13.2 Å². The molecule has 2 heterocycles. The Bertz CT molecular complexity index is 810. The molecule has 1 fully saturated rings. The smallest absolute Gasteiger partial charge is 0.238 e. The largest absolute Gasteiger partial charge is 0.496 e. The molecule has 2 aliphatic rings. The molecule has 4 rings (SSSR count). The Kier molecular flexibility index (Phi) is 5.27. The molecule has 142 valence electrons. The lowest BCUT2D eigenvalue weighted by Crippen LogP contribution is -2.45. The van der Waals surface area contributed by atoms with Crippen LogP contribution in [0.4, 0.5) is 5.69 Å². The van der Waals surface area contributed by atoms with Crippen molar-refractivity contribution < 1.29 is 9.53 Å². The summed E-state index contributed by atoms with van der Waals surface area (Å²) in [7, 11) is 1.67. The van der Waals surface area contributed by atoms with E-state index in [1.54, 1.807) is 7.11 Å². The molecule has 2 unspecified atom stereocenters. The van der Waals surface area contributed by atoms with E-state index in [9.17, 15) is 4.79 Å². The van der Waals surface area contributed by atoms with Crippen LogP contribution in [-0.2, 0) is 11.2 Å². The van der Waals surface area contributed by atoms with Gasteiger partial charge in [-0.25, -0.2) is 10.9 Å². The fourth-order valence-electron chi connectivity index (χ4n) is 3.96. The predicted octanol–water partition coefficient (Wildman–Crippen LogP) is 1.78. The maximum absolute atomic E-state index is 12.5. The van der Waals surface area contributed by atoms with E-state index in [0.717, 1.165) is 30.8 Å². The molecule has 0 spiro atoms. The number of ether oxygens (including phenoxy) is 1. The van der Waals surface area contributed by atoms with Gasteiger partial charge in [-0.1, -0.05) is 36.4 Å². The number of hydrogen-bond acceptors (Lipinski definition) is 5. The third-order valence-electron chi connectivity index (χ3n) is 5.40. The van der Waals surface area contributed by atoms with Gasteiger partial charge in [-0.2, -0.15) is 0 Å². The van der Waals surface area contributed by atoms with Crippen molar-refractivity contribution in [3.8, 4) is 5.75 Å². The van der Waals surface area contributed by atoms with E-state index in [4.69, 9.17) is 4.74 Å². The van der Waals surface area contributed by atoms with Crippen molar-refractivity contribution in [3.63, 3.8) is 0 Å². The molecule has 1 amide bonds. The number of para-hydroxylation sites is 2. The Morgan fingerprint density at radius 3 is 2.89 bits per heavy atom. The van der Waals surface area contributed by atoms with Crippen LogP contribution < -0.4 is 25.8 Å². The summed E-state index contributed by atoms with van der Waals surface area (Å²) in [5.74, 6) is 0.873. The average Bonchev–Trinajstić information content (AvgIpc) is 3.36. The number of methoxy groups -OCH3 is 1. The van der Waals surface area contributed by atoms with Crippen LogP contribution in [0.2, 0.25) is 0 Å².